The summed E-state index contributed by atoms with van der Waals surface area (Å²) in [4.78, 5) is 9.35. The highest BCUT2D eigenvalue weighted by atomic mass is 31.2. The van der Waals surface area contributed by atoms with Crippen LogP contribution in [0.1, 0.15) is 64.7 Å². The second kappa shape index (κ2) is 12.2. The van der Waals surface area contributed by atoms with E-state index in [0.717, 1.165) is 32.1 Å². The number of unbranched alkanes of at least 4 members (excludes halogenated alkanes) is 8. The molecule has 0 aromatic rings. The van der Waals surface area contributed by atoms with Gasteiger partial charge in [-0.2, -0.15) is 0 Å². The van der Waals surface area contributed by atoms with E-state index in [1.165, 1.54) is 25.7 Å². The summed E-state index contributed by atoms with van der Waals surface area (Å²) in [6, 6.07) is 0. The van der Waals surface area contributed by atoms with Crippen LogP contribution < -0.4 is 0 Å². The minimum Gasteiger partial charge on any atom is -0.396 e. The van der Waals surface area contributed by atoms with Crippen LogP contribution in [0.2, 0.25) is 0 Å². The van der Waals surface area contributed by atoms with Crippen LogP contribution in [-0.2, 0) is 9.09 Å². The van der Waals surface area contributed by atoms with Crippen LogP contribution in [0.4, 0.5) is 0 Å². The molecule has 110 valence electrons. The highest BCUT2D eigenvalue weighted by Crippen LogP contribution is 2.42. The highest BCUT2D eigenvalue weighted by Gasteiger charge is 2.16. The first-order chi connectivity index (χ1) is 8.62. The van der Waals surface area contributed by atoms with Crippen molar-refractivity contribution in [2.75, 3.05) is 19.4 Å². The van der Waals surface area contributed by atoms with Crippen LogP contribution in [0.5, 0.6) is 0 Å². The van der Waals surface area contributed by atoms with E-state index in [0.29, 0.717) is 13.2 Å². The minimum absolute atomic E-state index is 0.289. The zero-order valence-corrected chi connectivity index (χ0v) is 12.5. The van der Waals surface area contributed by atoms with Gasteiger partial charge in [0.15, 0.2) is 0 Å². The van der Waals surface area contributed by atoms with E-state index in [-0.39, 0.29) is 6.16 Å². The van der Waals surface area contributed by atoms with E-state index in [1.54, 1.807) is 6.92 Å². The third-order valence-electron chi connectivity index (χ3n) is 2.93. The summed E-state index contributed by atoms with van der Waals surface area (Å²) in [6.45, 7) is 2.35. The topological polar surface area (TPSA) is 66.8 Å². The van der Waals surface area contributed by atoms with Gasteiger partial charge in [0, 0.05) is 12.8 Å². The Morgan fingerprint density at radius 2 is 1.33 bits per heavy atom. The lowest BCUT2D eigenvalue weighted by Gasteiger charge is -2.09. The summed E-state index contributed by atoms with van der Waals surface area (Å²) < 4.78 is 16.2. The van der Waals surface area contributed by atoms with Gasteiger partial charge in [0.25, 0.3) is 0 Å². The Morgan fingerprint density at radius 3 is 1.78 bits per heavy atom. The fourth-order valence-corrected chi connectivity index (χ4v) is 3.08. The third kappa shape index (κ3) is 12.6. The standard InChI is InChI=1S/C13H29O4P/c1-2-17-18(15,16)13-11-9-7-5-3-4-6-8-10-12-14/h14H,2-13H2,1H3,(H,15,16). The van der Waals surface area contributed by atoms with Crippen LogP contribution in [-0.4, -0.2) is 29.4 Å². The number of aliphatic hydroxyl groups excluding tert-OH is 1. The Balaban J connectivity index is 3.18. The average Bonchev–Trinajstić information content (AvgIpc) is 2.31. The number of hydrogen-bond donors (Lipinski definition) is 2. The van der Waals surface area contributed by atoms with E-state index in [1.807, 2.05) is 0 Å². The van der Waals surface area contributed by atoms with Crippen molar-refractivity contribution in [1.82, 2.24) is 0 Å². The second-order valence-corrected chi connectivity index (χ2v) is 6.66. The van der Waals surface area contributed by atoms with Gasteiger partial charge in [-0.3, -0.25) is 4.57 Å². The molecule has 0 heterocycles. The van der Waals surface area contributed by atoms with E-state index >= 15 is 0 Å². The maximum Gasteiger partial charge on any atom is 0.328 e. The maximum atomic E-state index is 11.4. The van der Waals surface area contributed by atoms with E-state index < -0.39 is 7.60 Å². The zero-order valence-electron chi connectivity index (χ0n) is 11.6. The lowest BCUT2D eigenvalue weighted by atomic mass is 10.1. The molecule has 4 nitrogen and oxygen atoms in total. The summed E-state index contributed by atoms with van der Waals surface area (Å²) in [5, 5.41) is 8.62. The van der Waals surface area contributed by atoms with E-state index in [4.69, 9.17) is 9.63 Å². The van der Waals surface area contributed by atoms with Crippen LogP contribution in [0.3, 0.4) is 0 Å². The molecular weight excluding hydrogens is 251 g/mol. The smallest absolute Gasteiger partial charge is 0.328 e. The van der Waals surface area contributed by atoms with Gasteiger partial charge in [-0.15, -0.1) is 0 Å². The maximum absolute atomic E-state index is 11.4. The lowest BCUT2D eigenvalue weighted by Crippen LogP contribution is -1.94. The van der Waals surface area contributed by atoms with E-state index in [9.17, 15) is 9.46 Å². The van der Waals surface area contributed by atoms with Crippen molar-refractivity contribution in [3.8, 4) is 0 Å². The fourth-order valence-electron chi connectivity index (χ4n) is 1.93. The van der Waals surface area contributed by atoms with Gasteiger partial charge in [-0.25, -0.2) is 0 Å². The quantitative estimate of drug-likeness (QED) is 0.398. The second-order valence-electron chi connectivity index (χ2n) is 4.68. The molecule has 0 aromatic carbocycles. The first-order valence-corrected chi connectivity index (χ1v) is 8.96. The summed E-state index contributed by atoms with van der Waals surface area (Å²) in [7, 11) is -3.29. The molecular formula is C13H29O4P. The van der Waals surface area contributed by atoms with Gasteiger partial charge < -0.3 is 14.5 Å². The molecule has 0 spiro atoms. The van der Waals surface area contributed by atoms with Crippen LogP contribution in [0.15, 0.2) is 0 Å². The highest BCUT2D eigenvalue weighted by molar-refractivity contribution is 7.52. The molecule has 0 aromatic heterocycles. The molecule has 18 heavy (non-hydrogen) atoms. The fraction of sp³-hybridized carbons (Fsp3) is 1.00. The molecule has 0 rings (SSSR count). The van der Waals surface area contributed by atoms with Crippen molar-refractivity contribution in [2.45, 2.75) is 64.7 Å². The predicted molar refractivity (Wildman–Crippen MR) is 75.0 cm³/mol. The van der Waals surface area contributed by atoms with Gasteiger partial charge in [-0.1, -0.05) is 44.9 Å². The van der Waals surface area contributed by atoms with Crippen LogP contribution in [0, 0.1) is 0 Å². The van der Waals surface area contributed by atoms with Crippen molar-refractivity contribution in [1.29, 1.82) is 0 Å². The van der Waals surface area contributed by atoms with Crippen molar-refractivity contribution in [2.24, 2.45) is 0 Å². The molecule has 0 aliphatic heterocycles. The van der Waals surface area contributed by atoms with Crippen molar-refractivity contribution < 1.29 is 19.1 Å². The molecule has 2 N–H and O–H groups in total. The minimum atomic E-state index is -3.29. The molecule has 0 bridgehead atoms. The van der Waals surface area contributed by atoms with Crippen LogP contribution in [0.25, 0.3) is 0 Å². The van der Waals surface area contributed by atoms with Crippen LogP contribution >= 0.6 is 7.60 Å². The Bertz CT molecular complexity index is 221. The SMILES string of the molecule is CCOP(=O)(O)CCCCCCCCCCCO. The van der Waals surface area contributed by atoms with E-state index in [2.05, 4.69) is 0 Å². The molecule has 5 heteroatoms. The van der Waals surface area contributed by atoms with Gasteiger partial charge >= 0.3 is 7.60 Å². The monoisotopic (exact) mass is 280 g/mol. The average molecular weight is 280 g/mol. The summed E-state index contributed by atoms with van der Waals surface area (Å²) in [5.41, 5.74) is 0. The van der Waals surface area contributed by atoms with Gasteiger partial charge in [0.2, 0.25) is 0 Å². The lowest BCUT2D eigenvalue weighted by molar-refractivity contribution is 0.272. The first-order valence-electron chi connectivity index (χ1n) is 7.19. The Morgan fingerprint density at radius 1 is 0.889 bits per heavy atom. The molecule has 0 amide bonds. The number of rotatable bonds is 13. The first kappa shape index (κ1) is 18.1. The van der Waals surface area contributed by atoms with Gasteiger partial charge in [0.1, 0.15) is 0 Å². The van der Waals surface area contributed by atoms with Crippen molar-refractivity contribution in [3.05, 3.63) is 0 Å². The van der Waals surface area contributed by atoms with Crippen molar-refractivity contribution in [3.63, 3.8) is 0 Å². The summed E-state index contributed by atoms with van der Waals surface area (Å²) in [5.74, 6) is 0. The molecule has 0 fully saturated rings. The molecule has 0 aliphatic rings. The summed E-state index contributed by atoms with van der Waals surface area (Å²) >= 11 is 0. The Hall–Kier alpha value is 0.110. The normalized spacial score (nSPS) is 14.6. The predicted octanol–water partition coefficient (Wildman–Crippen LogP) is 3.71. The molecule has 0 aliphatic carbocycles. The number of hydrogen-bond acceptors (Lipinski definition) is 3. The zero-order chi connectivity index (χ0) is 13.7. The molecule has 1 unspecified atom stereocenters. The Labute approximate surface area is 111 Å². The molecule has 0 radical (unpaired) electrons. The molecule has 0 saturated heterocycles. The summed E-state index contributed by atoms with van der Waals surface area (Å²) in [6.07, 6.45) is 10.1. The Kier molecular flexibility index (Phi) is 12.2. The largest absolute Gasteiger partial charge is 0.396 e. The molecule has 1 atom stereocenters. The molecule has 0 saturated carbocycles. The number of aliphatic hydroxyl groups is 1. The van der Waals surface area contributed by atoms with Gasteiger partial charge in [0.05, 0.1) is 6.61 Å². The van der Waals surface area contributed by atoms with Gasteiger partial charge in [-0.05, 0) is 19.8 Å². The third-order valence-corrected chi connectivity index (χ3v) is 4.47. The van der Waals surface area contributed by atoms with Crippen molar-refractivity contribution >= 4 is 7.60 Å².